The third-order valence-corrected chi connectivity index (χ3v) is 2.22. The zero-order valence-electron chi connectivity index (χ0n) is 7.20. The van der Waals surface area contributed by atoms with Crippen LogP contribution in [-0.2, 0) is 0 Å². The van der Waals surface area contributed by atoms with Crippen LogP contribution in [0.15, 0.2) is 0 Å². The van der Waals surface area contributed by atoms with Crippen molar-refractivity contribution < 1.29 is 17.5 Å². The molecule has 0 heterocycles. The van der Waals surface area contributed by atoms with Crippen LogP contribution in [0.25, 0.3) is 0 Å². The molecule has 3 nitrogen and oxygen atoms in total. The Kier molecular flexibility index (Phi) is 4.10. The zero-order chi connectivity index (χ0) is 6.15. The fourth-order valence-electron chi connectivity index (χ4n) is 0. The third kappa shape index (κ3) is 10.1. The van der Waals surface area contributed by atoms with Crippen molar-refractivity contribution in [2.75, 3.05) is 12.8 Å². The summed E-state index contributed by atoms with van der Waals surface area (Å²) in [4.78, 5) is 25.6. The van der Waals surface area contributed by atoms with Crippen LogP contribution in [0, 0.1) is 0 Å². The summed E-state index contributed by atoms with van der Waals surface area (Å²) < 4.78 is 0. The van der Waals surface area contributed by atoms with Crippen LogP contribution in [0.2, 0.25) is 0 Å². The predicted octanol–water partition coefficient (Wildman–Crippen LogP) is -0.245. The van der Waals surface area contributed by atoms with Crippen molar-refractivity contribution in [3.05, 3.63) is 0 Å². The Morgan fingerprint density at radius 1 is 1.38 bits per heavy atom. The molecule has 0 bridgehead atoms. The first kappa shape index (κ1) is 11.8. The standard InChI is InChI=1S/C3H11O3P.Mg.2H/c1-3-7(2,4,5)6;;;/h4-6H,3H2,1-2H3;;;/q;+2;2*-1. The summed E-state index contributed by atoms with van der Waals surface area (Å²) in [6.07, 6.45) is 0.0333. The van der Waals surface area contributed by atoms with E-state index < -0.39 is 7.28 Å². The minimum atomic E-state index is -4.08. The first-order chi connectivity index (χ1) is 2.81. The molecule has 0 fully saturated rings. The Morgan fingerprint density at radius 2 is 1.50 bits per heavy atom. The van der Waals surface area contributed by atoms with E-state index >= 15 is 0 Å². The van der Waals surface area contributed by atoms with Gasteiger partial charge in [-0.1, -0.05) is 0 Å². The van der Waals surface area contributed by atoms with E-state index in [9.17, 15) is 0 Å². The van der Waals surface area contributed by atoms with Gasteiger partial charge < -0.3 is 2.85 Å². The number of rotatable bonds is 1. The maximum absolute atomic E-state index is 8.53. The van der Waals surface area contributed by atoms with Gasteiger partial charge in [-0.3, -0.25) is 0 Å². The minimum Gasteiger partial charge on any atom is -1.00 e. The molecule has 0 amide bonds. The molecule has 0 aromatic rings. The Labute approximate surface area is 68.0 Å². The predicted molar refractivity (Wildman–Crippen MR) is 38.0 cm³/mol. The van der Waals surface area contributed by atoms with Gasteiger partial charge in [0, 0.05) is 0 Å². The van der Waals surface area contributed by atoms with Gasteiger partial charge in [0.25, 0.3) is 0 Å². The number of hydrogen-bond acceptors (Lipinski definition) is 3. The van der Waals surface area contributed by atoms with Crippen molar-refractivity contribution in [1.82, 2.24) is 0 Å². The fourth-order valence-corrected chi connectivity index (χ4v) is 0. The second kappa shape index (κ2) is 2.77. The first-order valence-corrected chi connectivity index (χ1v) is 4.80. The minimum absolute atomic E-state index is 0. The average Bonchev–Trinajstić information content (AvgIpc) is 1.32. The Hall–Kier alpha value is 1.08. The molecular weight excluding hydrogens is 139 g/mol. The molecule has 0 aliphatic carbocycles. The second-order valence-electron chi connectivity index (χ2n) is 1.93. The van der Waals surface area contributed by atoms with Crippen molar-refractivity contribution in [1.29, 1.82) is 0 Å². The van der Waals surface area contributed by atoms with Crippen LogP contribution in [0.5, 0.6) is 0 Å². The fraction of sp³-hybridized carbons (Fsp3) is 1.00. The molecule has 0 radical (unpaired) electrons. The molecule has 0 rings (SSSR count). The first-order valence-electron chi connectivity index (χ1n) is 2.07. The zero-order valence-corrected chi connectivity index (χ0v) is 7.51. The Bertz CT molecular complexity index is 74.3. The van der Waals surface area contributed by atoms with E-state index in [1.807, 2.05) is 0 Å². The third-order valence-electron chi connectivity index (χ3n) is 0.740. The summed E-state index contributed by atoms with van der Waals surface area (Å²) in [6, 6.07) is 0. The smallest absolute Gasteiger partial charge is 1.00 e. The molecule has 0 spiro atoms. The molecule has 0 unspecified atom stereocenters. The number of hydrogen-bond donors (Lipinski definition) is 3. The van der Waals surface area contributed by atoms with Crippen molar-refractivity contribution >= 4 is 30.3 Å². The SMILES string of the molecule is CCP(C)(O)(O)O.[H-].[H-].[Mg+2]. The summed E-state index contributed by atoms with van der Waals surface area (Å²) in [5.74, 6) is 0. The van der Waals surface area contributed by atoms with Gasteiger partial charge in [-0.25, -0.2) is 0 Å². The van der Waals surface area contributed by atoms with Gasteiger partial charge in [-0.2, -0.15) is 0 Å². The average molecular weight is 152 g/mol. The molecule has 3 N–H and O–H groups in total. The summed E-state index contributed by atoms with van der Waals surface area (Å²) in [5, 5.41) is 0. The van der Waals surface area contributed by atoms with Gasteiger partial charge in [0.2, 0.25) is 0 Å². The summed E-state index contributed by atoms with van der Waals surface area (Å²) in [7, 11) is -4.08. The largest absolute Gasteiger partial charge is 2.00 e. The molecule has 50 valence electrons. The van der Waals surface area contributed by atoms with Crippen LogP contribution < -0.4 is 0 Å². The molecule has 0 aliphatic heterocycles. The molecule has 8 heavy (non-hydrogen) atoms. The Balaban J connectivity index is -0.0000000600. The van der Waals surface area contributed by atoms with E-state index in [4.69, 9.17) is 14.7 Å². The molecule has 0 saturated carbocycles. The van der Waals surface area contributed by atoms with Crippen molar-refractivity contribution in [2.24, 2.45) is 0 Å². The van der Waals surface area contributed by atoms with Crippen LogP contribution in [0.1, 0.15) is 9.78 Å². The van der Waals surface area contributed by atoms with Gasteiger partial charge in [0.15, 0.2) is 0 Å². The van der Waals surface area contributed by atoms with E-state index in [-0.39, 0.29) is 32.1 Å². The molecule has 0 aromatic heterocycles. The van der Waals surface area contributed by atoms with E-state index in [0.717, 1.165) is 6.66 Å². The van der Waals surface area contributed by atoms with E-state index in [0.29, 0.717) is 0 Å². The van der Waals surface area contributed by atoms with Gasteiger partial charge in [0.05, 0.1) is 0 Å². The van der Waals surface area contributed by atoms with Crippen molar-refractivity contribution in [3.63, 3.8) is 0 Å². The topological polar surface area (TPSA) is 60.7 Å². The molecule has 5 heteroatoms. The van der Waals surface area contributed by atoms with Gasteiger partial charge >= 0.3 is 64.8 Å². The molecule has 0 aromatic carbocycles. The van der Waals surface area contributed by atoms with Gasteiger partial charge in [-0.05, 0) is 0 Å². The quantitative estimate of drug-likeness (QED) is 0.359. The van der Waals surface area contributed by atoms with Gasteiger partial charge in [-0.15, -0.1) is 0 Å². The Morgan fingerprint density at radius 3 is 1.50 bits per heavy atom. The van der Waals surface area contributed by atoms with E-state index in [2.05, 4.69) is 0 Å². The van der Waals surface area contributed by atoms with Crippen molar-refractivity contribution in [2.45, 2.75) is 6.92 Å². The van der Waals surface area contributed by atoms with Crippen LogP contribution in [0.4, 0.5) is 0 Å². The van der Waals surface area contributed by atoms with Crippen LogP contribution in [0.3, 0.4) is 0 Å². The molecular formula is C3H13MgO3P. The molecule has 0 saturated heterocycles. The monoisotopic (exact) mass is 152 g/mol. The summed E-state index contributed by atoms with van der Waals surface area (Å²) in [6.45, 7) is 2.59. The summed E-state index contributed by atoms with van der Waals surface area (Å²) in [5.41, 5.74) is 0. The van der Waals surface area contributed by atoms with Gasteiger partial charge in [0.1, 0.15) is 0 Å². The van der Waals surface area contributed by atoms with E-state index in [1.54, 1.807) is 0 Å². The van der Waals surface area contributed by atoms with Crippen LogP contribution in [-0.4, -0.2) is 50.6 Å². The maximum atomic E-state index is 8.53. The molecule has 0 atom stereocenters. The maximum Gasteiger partial charge on any atom is 2.00 e. The molecule has 0 aliphatic rings. The second-order valence-corrected chi connectivity index (χ2v) is 5.78. The normalized spacial score (nSPS) is 15.9. The van der Waals surface area contributed by atoms with Crippen LogP contribution >= 0.6 is 7.28 Å². The van der Waals surface area contributed by atoms with Crippen molar-refractivity contribution in [3.8, 4) is 0 Å². The van der Waals surface area contributed by atoms with E-state index in [1.165, 1.54) is 6.92 Å². The summed E-state index contributed by atoms with van der Waals surface area (Å²) >= 11 is 0.